The molecule has 0 radical (unpaired) electrons. The van der Waals surface area contributed by atoms with E-state index in [0.717, 1.165) is 49.9 Å². The summed E-state index contributed by atoms with van der Waals surface area (Å²) in [5, 5.41) is 18.1. The van der Waals surface area contributed by atoms with E-state index in [9.17, 15) is 32.7 Å². The van der Waals surface area contributed by atoms with Crippen molar-refractivity contribution in [3.05, 3.63) is 53.6 Å². The van der Waals surface area contributed by atoms with Gasteiger partial charge in [-0.05, 0) is 62.2 Å². The average Bonchev–Trinajstić information content (AvgIpc) is 3.04. The molecule has 246 valence electrons. The minimum atomic E-state index is -4.49. The topological polar surface area (TPSA) is 123 Å². The van der Waals surface area contributed by atoms with Crippen LogP contribution in [-0.2, 0) is 17.4 Å². The van der Waals surface area contributed by atoms with Gasteiger partial charge in [0, 0.05) is 42.5 Å². The van der Waals surface area contributed by atoms with Crippen molar-refractivity contribution in [3.63, 3.8) is 0 Å². The first-order valence-electron chi connectivity index (χ1n) is 15.3. The standard InChI is InChI=1S/C32H42F3N5O5/c1-20-17-40(21(2)19-41)29(42)16-22-15-26(37-30(43)36-25-11-9-23(10-12-25)32(33,34)35)13-14-27(22)45-28(20)18-39(3)31(44)38-24-7-5-4-6-8-24/h9-15,20-21,24,28,41H,4-8,16-19H2,1-3H3,(H,38,44)(H2,36,37,43)/t20-,21+,28-/m0/s1. The number of benzene rings is 2. The molecule has 0 aromatic heterocycles. The van der Waals surface area contributed by atoms with E-state index in [4.69, 9.17) is 4.74 Å². The molecule has 1 saturated carbocycles. The van der Waals surface area contributed by atoms with Crippen molar-refractivity contribution in [1.82, 2.24) is 15.1 Å². The summed E-state index contributed by atoms with van der Waals surface area (Å²) in [7, 11) is 1.71. The molecule has 1 heterocycles. The lowest BCUT2D eigenvalue weighted by atomic mass is 9.96. The van der Waals surface area contributed by atoms with Crippen LogP contribution in [-0.4, -0.2) is 77.8 Å². The summed E-state index contributed by atoms with van der Waals surface area (Å²) < 4.78 is 45.1. The number of anilines is 2. The molecular weight excluding hydrogens is 591 g/mol. The van der Waals surface area contributed by atoms with Gasteiger partial charge < -0.3 is 35.6 Å². The third kappa shape index (κ3) is 9.25. The quantitative estimate of drug-likeness (QED) is 0.322. The Morgan fingerprint density at radius 2 is 1.71 bits per heavy atom. The molecule has 2 aromatic rings. The Morgan fingerprint density at radius 3 is 2.36 bits per heavy atom. The van der Waals surface area contributed by atoms with Crippen LogP contribution in [0.25, 0.3) is 0 Å². The lowest BCUT2D eigenvalue weighted by molar-refractivity contribution is -0.137. The molecule has 5 amide bonds. The highest BCUT2D eigenvalue weighted by molar-refractivity contribution is 6.00. The van der Waals surface area contributed by atoms with Gasteiger partial charge in [-0.25, -0.2) is 9.59 Å². The fourth-order valence-corrected chi connectivity index (χ4v) is 5.65. The number of aliphatic hydroxyl groups is 1. The van der Waals surface area contributed by atoms with E-state index in [1.54, 1.807) is 42.0 Å². The van der Waals surface area contributed by atoms with Gasteiger partial charge in [-0.3, -0.25) is 4.79 Å². The van der Waals surface area contributed by atoms with Gasteiger partial charge in [-0.15, -0.1) is 0 Å². The Balaban J connectivity index is 1.51. The molecule has 0 unspecified atom stereocenters. The molecule has 10 nitrogen and oxygen atoms in total. The van der Waals surface area contributed by atoms with Crippen molar-refractivity contribution < 1.29 is 37.4 Å². The number of ether oxygens (including phenoxy) is 1. The number of urea groups is 2. The molecule has 45 heavy (non-hydrogen) atoms. The average molecular weight is 634 g/mol. The number of carbonyl (C=O) groups excluding carboxylic acids is 3. The molecule has 1 aliphatic heterocycles. The summed E-state index contributed by atoms with van der Waals surface area (Å²) >= 11 is 0. The number of fused-ring (bicyclic) bond motifs is 1. The molecule has 0 bridgehead atoms. The summed E-state index contributed by atoms with van der Waals surface area (Å²) in [6, 6.07) is 7.74. The largest absolute Gasteiger partial charge is 0.488 e. The number of amides is 5. The Bertz CT molecular complexity index is 1330. The van der Waals surface area contributed by atoms with Crippen LogP contribution in [0.15, 0.2) is 42.5 Å². The number of likely N-dealkylation sites (N-methyl/N-ethyl adjacent to an activating group) is 1. The highest BCUT2D eigenvalue weighted by atomic mass is 19.4. The number of hydrogen-bond donors (Lipinski definition) is 4. The fraction of sp³-hybridized carbons (Fsp3) is 0.531. The number of halogens is 3. The zero-order valence-corrected chi connectivity index (χ0v) is 25.8. The van der Waals surface area contributed by atoms with Crippen molar-refractivity contribution in [2.75, 3.05) is 37.4 Å². The maximum absolute atomic E-state index is 13.5. The lowest BCUT2D eigenvalue weighted by Gasteiger charge is -2.34. The van der Waals surface area contributed by atoms with Crippen LogP contribution in [0.2, 0.25) is 0 Å². The molecule has 0 saturated heterocycles. The van der Waals surface area contributed by atoms with Crippen LogP contribution in [0, 0.1) is 5.92 Å². The SMILES string of the molecule is C[C@H](CO)N1C[C@H](C)[C@H](CN(C)C(=O)NC2CCCCC2)Oc2ccc(NC(=O)Nc3ccc(C(F)(F)F)cc3)cc2CC1=O. The molecule has 4 N–H and O–H groups in total. The molecule has 3 atom stereocenters. The van der Waals surface area contributed by atoms with E-state index in [-0.39, 0.29) is 49.2 Å². The first-order valence-corrected chi connectivity index (χ1v) is 15.3. The number of nitrogens with one attached hydrogen (secondary N) is 3. The Kier molecular flexibility index (Phi) is 11.2. The maximum Gasteiger partial charge on any atom is 0.416 e. The molecule has 1 fully saturated rings. The Hall–Kier alpha value is -4.00. The second-order valence-corrected chi connectivity index (χ2v) is 12.0. The summed E-state index contributed by atoms with van der Waals surface area (Å²) in [6.45, 7) is 4.02. The number of nitrogens with zero attached hydrogens (tertiary/aromatic N) is 2. The second-order valence-electron chi connectivity index (χ2n) is 12.0. The van der Waals surface area contributed by atoms with Gasteiger partial charge in [-0.2, -0.15) is 13.2 Å². The number of aliphatic hydroxyl groups excluding tert-OH is 1. The number of hydrogen-bond acceptors (Lipinski definition) is 5. The third-order valence-electron chi connectivity index (χ3n) is 8.38. The molecule has 2 aromatic carbocycles. The highest BCUT2D eigenvalue weighted by Gasteiger charge is 2.33. The van der Waals surface area contributed by atoms with Crippen molar-refractivity contribution in [2.24, 2.45) is 5.92 Å². The van der Waals surface area contributed by atoms with Gasteiger partial charge in [0.25, 0.3) is 0 Å². The maximum atomic E-state index is 13.5. The number of carbonyl (C=O) groups is 3. The molecule has 1 aliphatic carbocycles. The third-order valence-corrected chi connectivity index (χ3v) is 8.38. The normalized spacial score (nSPS) is 20.1. The second kappa shape index (κ2) is 14.9. The molecule has 13 heteroatoms. The van der Waals surface area contributed by atoms with Gasteiger partial charge in [0.05, 0.1) is 31.2 Å². The van der Waals surface area contributed by atoms with E-state index >= 15 is 0 Å². The van der Waals surface area contributed by atoms with Crippen molar-refractivity contribution in [2.45, 2.75) is 76.7 Å². The smallest absolute Gasteiger partial charge is 0.416 e. The fourth-order valence-electron chi connectivity index (χ4n) is 5.65. The van der Waals surface area contributed by atoms with Gasteiger partial charge in [-0.1, -0.05) is 26.2 Å². The van der Waals surface area contributed by atoms with E-state index in [1.807, 2.05) is 6.92 Å². The van der Waals surface area contributed by atoms with Crippen LogP contribution in [0.3, 0.4) is 0 Å². The zero-order valence-electron chi connectivity index (χ0n) is 25.8. The summed E-state index contributed by atoms with van der Waals surface area (Å²) in [5.74, 6) is -0.0108. The van der Waals surface area contributed by atoms with Crippen molar-refractivity contribution in [1.29, 1.82) is 0 Å². The van der Waals surface area contributed by atoms with E-state index in [2.05, 4.69) is 16.0 Å². The number of alkyl halides is 3. The van der Waals surface area contributed by atoms with E-state index in [0.29, 0.717) is 23.5 Å². The van der Waals surface area contributed by atoms with Crippen molar-refractivity contribution in [3.8, 4) is 5.75 Å². The van der Waals surface area contributed by atoms with Crippen molar-refractivity contribution >= 4 is 29.3 Å². The summed E-state index contributed by atoms with van der Waals surface area (Å²) in [6.07, 6.45) is 0.231. The van der Waals surface area contributed by atoms with Gasteiger partial charge in [0.1, 0.15) is 11.9 Å². The summed E-state index contributed by atoms with van der Waals surface area (Å²) in [5.41, 5.74) is 0.174. The lowest BCUT2D eigenvalue weighted by Crippen LogP contribution is -2.50. The minimum Gasteiger partial charge on any atom is -0.488 e. The molecule has 2 aliphatic rings. The van der Waals surface area contributed by atoms with Crippen LogP contribution in [0.5, 0.6) is 5.75 Å². The first kappa shape index (κ1) is 33.9. The van der Waals surface area contributed by atoms with Gasteiger partial charge in [0.2, 0.25) is 5.91 Å². The van der Waals surface area contributed by atoms with E-state index < -0.39 is 29.9 Å². The van der Waals surface area contributed by atoms with Crippen LogP contribution in [0.1, 0.15) is 57.1 Å². The predicted octanol–water partition coefficient (Wildman–Crippen LogP) is 5.47. The minimum absolute atomic E-state index is 0.0623. The zero-order chi connectivity index (χ0) is 32.7. The number of rotatable bonds is 7. The Labute approximate surface area is 261 Å². The molecule has 0 spiro atoms. The van der Waals surface area contributed by atoms with E-state index in [1.165, 1.54) is 6.42 Å². The summed E-state index contributed by atoms with van der Waals surface area (Å²) in [4.78, 5) is 42.4. The monoisotopic (exact) mass is 633 g/mol. The Morgan fingerprint density at radius 1 is 1.07 bits per heavy atom. The molecule has 4 rings (SSSR count). The first-order chi connectivity index (χ1) is 21.3. The van der Waals surface area contributed by atoms with Crippen LogP contribution >= 0.6 is 0 Å². The molecular formula is C32H42F3N5O5. The predicted molar refractivity (Wildman–Crippen MR) is 164 cm³/mol. The van der Waals surface area contributed by atoms with Gasteiger partial charge >= 0.3 is 18.2 Å². The highest BCUT2D eigenvalue weighted by Crippen LogP contribution is 2.31. The van der Waals surface area contributed by atoms with Crippen LogP contribution < -0.4 is 20.7 Å². The van der Waals surface area contributed by atoms with Crippen LogP contribution in [0.4, 0.5) is 34.1 Å². The van der Waals surface area contributed by atoms with Gasteiger partial charge in [0.15, 0.2) is 0 Å².